The number of furan rings is 1. The molecule has 6 nitrogen and oxygen atoms in total. The third kappa shape index (κ3) is 2.65. The van der Waals surface area contributed by atoms with Crippen LogP contribution in [-0.4, -0.2) is 9.91 Å². The van der Waals surface area contributed by atoms with Crippen LogP contribution in [0.2, 0.25) is 0 Å². The number of anilines is 1. The van der Waals surface area contributed by atoms with Crippen molar-refractivity contribution in [1.82, 2.24) is 4.98 Å². The van der Waals surface area contributed by atoms with Crippen molar-refractivity contribution in [1.29, 1.82) is 0 Å². The second-order valence-corrected chi connectivity index (χ2v) is 3.97. The van der Waals surface area contributed by atoms with Gasteiger partial charge in [-0.15, -0.1) is 0 Å². The highest BCUT2D eigenvalue weighted by molar-refractivity contribution is 5.41. The van der Waals surface area contributed by atoms with Crippen LogP contribution in [0.5, 0.6) is 0 Å². The Kier molecular flexibility index (Phi) is 3.27. The molecule has 0 radical (unpaired) electrons. The Balaban J connectivity index is 2.07. The summed E-state index contributed by atoms with van der Waals surface area (Å²) in [6.45, 7) is 3.81. The molecule has 0 aliphatic rings. The van der Waals surface area contributed by atoms with E-state index < -0.39 is 4.92 Å². The van der Waals surface area contributed by atoms with Crippen molar-refractivity contribution >= 4 is 11.5 Å². The first-order valence-corrected chi connectivity index (χ1v) is 5.49. The lowest BCUT2D eigenvalue weighted by atomic mass is 10.2. The van der Waals surface area contributed by atoms with Crippen molar-refractivity contribution in [2.75, 3.05) is 5.32 Å². The summed E-state index contributed by atoms with van der Waals surface area (Å²) in [5, 5.41) is 13.6. The van der Waals surface area contributed by atoms with Crippen molar-refractivity contribution in [2.24, 2.45) is 0 Å². The Morgan fingerprint density at radius 1 is 1.39 bits per heavy atom. The van der Waals surface area contributed by atoms with Gasteiger partial charge in [0.25, 0.3) is 5.69 Å². The average Bonchev–Trinajstić information content (AvgIpc) is 2.76. The van der Waals surface area contributed by atoms with E-state index in [4.69, 9.17) is 4.42 Å². The number of nitrogens with zero attached hydrogens (tertiary/aromatic N) is 2. The van der Waals surface area contributed by atoms with Gasteiger partial charge in [0.2, 0.25) is 0 Å². The monoisotopic (exact) mass is 247 g/mol. The zero-order valence-corrected chi connectivity index (χ0v) is 10.1. The van der Waals surface area contributed by atoms with Crippen molar-refractivity contribution in [3.05, 3.63) is 52.1 Å². The number of nitro groups is 1. The first kappa shape index (κ1) is 12.1. The molecule has 0 aliphatic carbocycles. The van der Waals surface area contributed by atoms with Gasteiger partial charge in [0.1, 0.15) is 23.5 Å². The molecule has 0 fully saturated rings. The van der Waals surface area contributed by atoms with Crippen molar-refractivity contribution in [3.63, 3.8) is 0 Å². The molecule has 1 N–H and O–H groups in total. The molecule has 2 heterocycles. The van der Waals surface area contributed by atoms with Gasteiger partial charge < -0.3 is 9.73 Å². The van der Waals surface area contributed by atoms with E-state index >= 15 is 0 Å². The Morgan fingerprint density at radius 2 is 2.17 bits per heavy atom. The molecular formula is C12H13N3O3. The number of hydrogen-bond donors (Lipinski definition) is 1. The Morgan fingerprint density at radius 3 is 2.67 bits per heavy atom. The quantitative estimate of drug-likeness (QED) is 0.663. The van der Waals surface area contributed by atoms with Crippen molar-refractivity contribution < 1.29 is 9.34 Å². The largest absolute Gasteiger partial charge is 0.464 e. The molecule has 0 spiro atoms. The maximum atomic E-state index is 10.5. The van der Waals surface area contributed by atoms with Gasteiger partial charge in [-0.3, -0.25) is 10.1 Å². The van der Waals surface area contributed by atoms with E-state index in [1.165, 1.54) is 12.3 Å². The Hall–Kier alpha value is -2.37. The van der Waals surface area contributed by atoms with E-state index in [1.807, 2.05) is 26.0 Å². The van der Waals surface area contributed by atoms with Crippen LogP contribution in [0.15, 0.2) is 34.9 Å². The predicted molar refractivity (Wildman–Crippen MR) is 66.4 cm³/mol. The second kappa shape index (κ2) is 4.87. The molecule has 94 valence electrons. The van der Waals surface area contributed by atoms with Crippen molar-refractivity contribution in [3.8, 4) is 0 Å². The molecule has 0 saturated carbocycles. The number of aryl methyl sites for hydroxylation is 1. The molecular weight excluding hydrogens is 234 g/mol. The summed E-state index contributed by atoms with van der Waals surface area (Å²) in [7, 11) is 0. The molecule has 1 atom stereocenters. The van der Waals surface area contributed by atoms with Crippen LogP contribution in [0.1, 0.15) is 24.5 Å². The van der Waals surface area contributed by atoms with E-state index in [9.17, 15) is 10.1 Å². The fourth-order valence-electron chi connectivity index (χ4n) is 1.56. The molecule has 2 rings (SSSR count). The third-order valence-electron chi connectivity index (χ3n) is 2.51. The zero-order chi connectivity index (χ0) is 13.1. The highest BCUT2D eigenvalue weighted by atomic mass is 16.6. The first-order chi connectivity index (χ1) is 8.56. The van der Waals surface area contributed by atoms with Gasteiger partial charge in [-0.1, -0.05) is 0 Å². The molecule has 0 saturated heterocycles. The van der Waals surface area contributed by atoms with E-state index in [1.54, 1.807) is 6.07 Å². The average molecular weight is 247 g/mol. The number of aromatic nitrogens is 1. The van der Waals surface area contributed by atoms with Crippen LogP contribution >= 0.6 is 0 Å². The normalized spacial score (nSPS) is 12.1. The van der Waals surface area contributed by atoms with E-state index in [2.05, 4.69) is 10.3 Å². The van der Waals surface area contributed by atoms with E-state index in [-0.39, 0.29) is 11.7 Å². The molecule has 0 aliphatic heterocycles. The summed E-state index contributed by atoms with van der Waals surface area (Å²) in [6, 6.07) is 6.71. The van der Waals surface area contributed by atoms with Crippen molar-refractivity contribution in [2.45, 2.75) is 19.9 Å². The molecule has 0 amide bonds. The molecule has 2 aromatic rings. The van der Waals surface area contributed by atoms with Gasteiger partial charge in [-0.2, -0.15) is 0 Å². The standard InChI is InChI=1S/C12H13N3O3/c1-8-3-5-11(18-8)9(2)14-12-6-4-10(7-13-12)15(16)17/h3-7,9H,1-2H3,(H,13,14)/t9-/m1/s1. The maximum Gasteiger partial charge on any atom is 0.287 e. The summed E-state index contributed by atoms with van der Waals surface area (Å²) >= 11 is 0. The summed E-state index contributed by atoms with van der Waals surface area (Å²) in [5.41, 5.74) is -0.0259. The second-order valence-electron chi connectivity index (χ2n) is 3.97. The molecule has 6 heteroatoms. The fraction of sp³-hybridized carbons (Fsp3) is 0.250. The van der Waals surface area contributed by atoms with Gasteiger partial charge in [0.15, 0.2) is 0 Å². The van der Waals surface area contributed by atoms with Gasteiger partial charge in [0.05, 0.1) is 11.0 Å². The summed E-state index contributed by atoms with van der Waals surface area (Å²) in [6.07, 6.45) is 1.22. The molecule has 2 aromatic heterocycles. The molecule has 18 heavy (non-hydrogen) atoms. The molecule has 0 unspecified atom stereocenters. The summed E-state index contributed by atoms with van der Waals surface area (Å²) in [5.74, 6) is 2.21. The van der Waals surface area contributed by atoms with Gasteiger partial charge >= 0.3 is 0 Å². The minimum absolute atomic E-state index is 0.0259. The van der Waals surface area contributed by atoms with Gasteiger partial charge in [-0.05, 0) is 32.0 Å². The number of hydrogen-bond acceptors (Lipinski definition) is 5. The highest BCUT2D eigenvalue weighted by Gasteiger charge is 2.11. The Bertz CT molecular complexity index is 548. The topological polar surface area (TPSA) is 81.2 Å². The zero-order valence-electron chi connectivity index (χ0n) is 10.1. The van der Waals surface area contributed by atoms with Crippen LogP contribution < -0.4 is 5.32 Å². The highest BCUT2D eigenvalue weighted by Crippen LogP contribution is 2.20. The lowest BCUT2D eigenvalue weighted by Gasteiger charge is -2.11. The first-order valence-electron chi connectivity index (χ1n) is 5.49. The van der Waals surface area contributed by atoms with E-state index in [0.29, 0.717) is 5.82 Å². The minimum Gasteiger partial charge on any atom is -0.464 e. The molecule has 0 aromatic carbocycles. The smallest absolute Gasteiger partial charge is 0.287 e. The predicted octanol–water partition coefficient (Wildman–Crippen LogP) is 3.06. The minimum atomic E-state index is -0.476. The van der Waals surface area contributed by atoms with Gasteiger partial charge in [0, 0.05) is 6.07 Å². The van der Waals surface area contributed by atoms with Crippen LogP contribution in [0.25, 0.3) is 0 Å². The fourth-order valence-corrected chi connectivity index (χ4v) is 1.56. The molecule has 0 bridgehead atoms. The van der Waals surface area contributed by atoms with Crippen LogP contribution in [0.3, 0.4) is 0 Å². The van der Waals surface area contributed by atoms with Crippen LogP contribution in [0, 0.1) is 17.0 Å². The maximum absolute atomic E-state index is 10.5. The van der Waals surface area contributed by atoms with Crippen LogP contribution in [-0.2, 0) is 0 Å². The van der Waals surface area contributed by atoms with E-state index in [0.717, 1.165) is 11.5 Å². The summed E-state index contributed by atoms with van der Waals surface area (Å²) in [4.78, 5) is 14.0. The summed E-state index contributed by atoms with van der Waals surface area (Å²) < 4.78 is 5.48. The number of rotatable bonds is 4. The number of pyridine rings is 1. The Labute approximate surface area is 104 Å². The number of nitrogens with one attached hydrogen (secondary N) is 1. The SMILES string of the molecule is Cc1ccc([C@@H](C)Nc2ccc([N+](=O)[O-])cn2)o1. The third-order valence-corrected chi connectivity index (χ3v) is 2.51. The lowest BCUT2D eigenvalue weighted by Crippen LogP contribution is -2.06. The van der Waals surface area contributed by atoms with Gasteiger partial charge in [-0.25, -0.2) is 4.98 Å². The lowest BCUT2D eigenvalue weighted by molar-refractivity contribution is -0.385. The van der Waals surface area contributed by atoms with Crippen LogP contribution in [0.4, 0.5) is 11.5 Å².